The summed E-state index contributed by atoms with van der Waals surface area (Å²) < 4.78 is 13.4. The van der Waals surface area contributed by atoms with Crippen molar-refractivity contribution < 1.29 is 4.39 Å². The Bertz CT molecular complexity index is 493. The Balaban J connectivity index is 2.02. The van der Waals surface area contributed by atoms with E-state index in [9.17, 15) is 4.39 Å². The molecule has 2 N–H and O–H groups in total. The normalized spacial score (nSPS) is 16.9. The molecule has 21 heavy (non-hydrogen) atoms. The molecule has 0 unspecified atom stereocenters. The summed E-state index contributed by atoms with van der Waals surface area (Å²) in [6.45, 7) is 8.86. The van der Waals surface area contributed by atoms with E-state index >= 15 is 0 Å². The minimum Gasteiger partial charge on any atom is -0.357 e. The zero-order chi connectivity index (χ0) is 15.3. The van der Waals surface area contributed by atoms with E-state index in [1.165, 1.54) is 6.07 Å². The highest BCUT2D eigenvalue weighted by atomic mass is 19.1. The minimum atomic E-state index is -0.160. The van der Waals surface area contributed by atoms with Crippen molar-refractivity contribution in [3.8, 4) is 0 Å². The van der Waals surface area contributed by atoms with Gasteiger partial charge in [-0.05, 0) is 43.4 Å². The third-order valence-electron chi connectivity index (χ3n) is 3.85. The Kier molecular flexibility index (Phi) is 5.21. The predicted molar refractivity (Wildman–Crippen MR) is 86.1 cm³/mol. The van der Waals surface area contributed by atoms with Crippen molar-refractivity contribution in [3.63, 3.8) is 0 Å². The molecule has 0 bridgehead atoms. The average Bonchev–Trinajstić information content (AvgIpc) is 3.23. The van der Waals surface area contributed by atoms with Gasteiger partial charge in [-0.25, -0.2) is 4.39 Å². The van der Waals surface area contributed by atoms with Crippen LogP contribution < -0.4 is 10.6 Å². The van der Waals surface area contributed by atoms with Crippen LogP contribution >= 0.6 is 0 Å². The van der Waals surface area contributed by atoms with Gasteiger partial charge < -0.3 is 10.6 Å². The Morgan fingerprint density at radius 2 is 2.10 bits per heavy atom. The van der Waals surface area contributed by atoms with Crippen LogP contribution in [0, 0.1) is 11.7 Å². The van der Waals surface area contributed by atoms with Gasteiger partial charge in [-0.15, -0.1) is 0 Å². The topological polar surface area (TPSA) is 36.4 Å². The molecule has 116 valence electrons. The maximum atomic E-state index is 13.4. The molecule has 1 aliphatic rings. The van der Waals surface area contributed by atoms with Gasteiger partial charge in [0.25, 0.3) is 0 Å². The zero-order valence-electron chi connectivity index (χ0n) is 13.2. The molecule has 0 aliphatic heterocycles. The van der Waals surface area contributed by atoms with Crippen molar-refractivity contribution in [2.75, 3.05) is 19.6 Å². The molecule has 0 radical (unpaired) electrons. The number of aliphatic imine (C=N–C) groups is 1. The molecular weight excluding hydrogens is 265 g/mol. The molecule has 0 amide bonds. The Hall–Kier alpha value is -1.58. The van der Waals surface area contributed by atoms with E-state index in [2.05, 4.69) is 31.4 Å². The second kappa shape index (κ2) is 6.92. The van der Waals surface area contributed by atoms with E-state index in [-0.39, 0.29) is 11.2 Å². The number of nitrogens with one attached hydrogen (secondary N) is 2. The van der Waals surface area contributed by atoms with Crippen molar-refractivity contribution in [3.05, 3.63) is 35.6 Å². The Morgan fingerprint density at radius 1 is 1.33 bits per heavy atom. The maximum Gasteiger partial charge on any atom is 0.191 e. The fourth-order valence-corrected chi connectivity index (χ4v) is 2.38. The molecule has 0 spiro atoms. The lowest BCUT2D eigenvalue weighted by molar-refractivity contribution is 0.607. The predicted octanol–water partition coefficient (Wildman–Crippen LogP) is 3.07. The molecule has 0 aromatic heterocycles. The number of hydrogen-bond donors (Lipinski definition) is 2. The first-order valence-electron chi connectivity index (χ1n) is 7.84. The van der Waals surface area contributed by atoms with E-state index in [4.69, 9.17) is 4.99 Å². The number of rotatable bonds is 6. The van der Waals surface area contributed by atoms with Crippen LogP contribution in [0.2, 0.25) is 0 Å². The highest BCUT2D eigenvalue weighted by molar-refractivity contribution is 5.79. The lowest BCUT2D eigenvalue weighted by atomic mass is 9.96. The molecule has 1 fully saturated rings. The molecule has 0 saturated heterocycles. The summed E-state index contributed by atoms with van der Waals surface area (Å²) in [6, 6.07) is 6.95. The van der Waals surface area contributed by atoms with E-state index in [0.717, 1.165) is 37.5 Å². The first-order chi connectivity index (χ1) is 10.1. The largest absolute Gasteiger partial charge is 0.357 e. The third-order valence-corrected chi connectivity index (χ3v) is 3.85. The number of hydrogen-bond acceptors (Lipinski definition) is 1. The summed E-state index contributed by atoms with van der Waals surface area (Å²) >= 11 is 0. The van der Waals surface area contributed by atoms with Crippen molar-refractivity contribution >= 4 is 5.96 Å². The molecule has 1 saturated carbocycles. The Morgan fingerprint density at radius 3 is 2.67 bits per heavy atom. The smallest absolute Gasteiger partial charge is 0.191 e. The molecule has 3 nitrogen and oxygen atoms in total. The fourth-order valence-electron chi connectivity index (χ4n) is 2.38. The van der Waals surface area contributed by atoms with Crippen LogP contribution in [-0.2, 0) is 5.41 Å². The molecule has 2 rings (SSSR count). The highest BCUT2D eigenvalue weighted by Gasteiger charge is 2.44. The second-order valence-electron chi connectivity index (χ2n) is 6.26. The van der Waals surface area contributed by atoms with Crippen LogP contribution in [0.15, 0.2) is 29.3 Å². The second-order valence-corrected chi connectivity index (χ2v) is 6.26. The first-order valence-corrected chi connectivity index (χ1v) is 7.84. The number of nitrogens with zero attached hydrogens (tertiary/aromatic N) is 1. The quantitative estimate of drug-likeness (QED) is 0.624. The fraction of sp³-hybridized carbons (Fsp3) is 0.588. The van der Waals surface area contributed by atoms with Gasteiger partial charge in [-0.3, -0.25) is 4.99 Å². The van der Waals surface area contributed by atoms with E-state index in [1.807, 2.05) is 6.07 Å². The monoisotopic (exact) mass is 291 g/mol. The van der Waals surface area contributed by atoms with Gasteiger partial charge >= 0.3 is 0 Å². The van der Waals surface area contributed by atoms with Crippen LogP contribution in [0.1, 0.15) is 39.2 Å². The van der Waals surface area contributed by atoms with Crippen LogP contribution in [0.25, 0.3) is 0 Å². The highest BCUT2D eigenvalue weighted by Crippen LogP contribution is 2.48. The lowest BCUT2D eigenvalue weighted by Crippen LogP contribution is -2.39. The molecule has 1 aliphatic carbocycles. The van der Waals surface area contributed by atoms with Gasteiger partial charge in [0.05, 0.1) is 6.54 Å². The Labute approximate surface area is 127 Å². The molecule has 4 heteroatoms. The van der Waals surface area contributed by atoms with Gasteiger partial charge in [0.15, 0.2) is 5.96 Å². The summed E-state index contributed by atoms with van der Waals surface area (Å²) in [5.74, 6) is 1.27. The van der Waals surface area contributed by atoms with Gasteiger partial charge in [0, 0.05) is 18.5 Å². The first kappa shape index (κ1) is 15.8. The zero-order valence-corrected chi connectivity index (χ0v) is 13.2. The van der Waals surface area contributed by atoms with Gasteiger partial charge in [-0.2, -0.15) is 0 Å². The van der Waals surface area contributed by atoms with Crippen molar-refractivity contribution in [1.29, 1.82) is 0 Å². The lowest BCUT2D eigenvalue weighted by Gasteiger charge is -2.16. The van der Waals surface area contributed by atoms with Crippen LogP contribution in [-0.4, -0.2) is 25.6 Å². The van der Waals surface area contributed by atoms with Crippen LogP contribution in [0.4, 0.5) is 4.39 Å². The average molecular weight is 291 g/mol. The van der Waals surface area contributed by atoms with E-state index < -0.39 is 0 Å². The SMILES string of the molecule is CCNC(=NCC1(c2cccc(F)c2)CC1)NCC(C)C. The van der Waals surface area contributed by atoms with E-state index in [1.54, 1.807) is 12.1 Å². The summed E-state index contributed by atoms with van der Waals surface area (Å²) in [5, 5.41) is 6.61. The van der Waals surface area contributed by atoms with Crippen LogP contribution in [0.3, 0.4) is 0 Å². The van der Waals surface area contributed by atoms with Crippen molar-refractivity contribution in [2.45, 2.75) is 39.0 Å². The number of guanidine groups is 1. The molecule has 1 aromatic carbocycles. The minimum absolute atomic E-state index is 0.0439. The van der Waals surface area contributed by atoms with E-state index in [0.29, 0.717) is 12.5 Å². The maximum absolute atomic E-state index is 13.4. The van der Waals surface area contributed by atoms with Crippen molar-refractivity contribution in [2.24, 2.45) is 10.9 Å². The number of benzene rings is 1. The van der Waals surface area contributed by atoms with Gasteiger partial charge in [0.2, 0.25) is 0 Å². The molecule has 1 aromatic rings. The summed E-state index contributed by atoms with van der Waals surface area (Å²) in [7, 11) is 0. The van der Waals surface area contributed by atoms with Crippen LogP contribution in [0.5, 0.6) is 0 Å². The summed E-state index contributed by atoms with van der Waals surface area (Å²) in [6.07, 6.45) is 2.17. The molecule has 0 atom stereocenters. The summed E-state index contributed by atoms with van der Waals surface area (Å²) in [5.41, 5.74) is 1.12. The van der Waals surface area contributed by atoms with Gasteiger partial charge in [0.1, 0.15) is 5.82 Å². The van der Waals surface area contributed by atoms with Gasteiger partial charge in [-0.1, -0.05) is 26.0 Å². The molecule has 0 heterocycles. The number of halogens is 1. The molecular formula is C17H26FN3. The standard InChI is InChI=1S/C17H26FN3/c1-4-19-16(20-11-13(2)3)21-12-17(8-9-17)14-6-5-7-15(18)10-14/h5-7,10,13H,4,8-9,11-12H2,1-3H3,(H2,19,20,21). The van der Waals surface area contributed by atoms with Crippen molar-refractivity contribution in [1.82, 2.24) is 10.6 Å². The third kappa shape index (κ3) is 4.45. The summed E-state index contributed by atoms with van der Waals surface area (Å²) in [4.78, 5) is 4.70.